The Balaban J connectivity index is 0.00000200. The minimum Gasteiger partial charge on any atom is -0.370 e. The van der Waals surface area contributed by atoms with Crippen LogP contribution in [-0.4, -0.2) is 17.5 Å². The third-order valence-electron chi connectivity index (χ3n) is 2.62. The first-order valence-electron chi connectivity index (χ1n) is 6.21. The number of nitrogens with two attached hydrogens (primary N) is 1. The maximum absolute atomic E-state index is 5.82. The smallest absolute Gasteiger partial charge is 0.188 e. The quantitative estimate of drug-likeness (QED) is 0.459. The Hall–Kier alpha value is -1.15. The second-order valence-electron chi connectivity index (χ2n) is 4.33. The average molecular weight is 402 g/mol. The van der Waals surface area contributed by atoms with E-state index in [1.807, 2.05) is 19.3 Å². The number of nitrogens with zero attached hydrogens (tertiary/aromatic N) is 2. The predicted molar refractivity (Wildman–Crippen MR) is 95.7 cm³/mol. The summed E-state index contributed by atoms with van der Waals surface area (Å²) < 4.78 is 0. The van der Waals surface area contributed by atoms with Gasteiger partial charge in [-0.1, -0.05) is 12.1 Å². The van der Waals surface area contributed by atoms with E-state index in [4.69, 9.17) is 5.73 Å². The normalized spacial score (nSPS) is 10.9. The van der Waals surface area contributed by atoms with Gasteiger partial charge in [0.15, 0.2) is 5.96 Å². The second kappa shape index (κ2) is 8.91. The molecule has 0 radical (unpaired) electrons. The summed E-state index contributed by atoms with van der Waals surface area (Å²) in [6, 6.07) is 6.25. The first-order valence-corrected chi connectivity index (χ1v) is 7.09. The van der Waals surface area contributed by atoms with E-state index >= 15 is 0 Å². The number of aryl methyl sites for hydroxylation is 1. The summed E-state index contributed by atoms with van der Waals surface area (Å²) in [6.45, 7) is 3.39. The van der Waals surface area contributed by atoms with Crippen LogP contribution in [0.15, 0.2) is 41.0 Å². The van der Waals surface area contributed by atoms with Gasteiger partial charge in [0.25, 0.3) is 0 Å². The lowest BCUT2D eigenvalue weighted by molar-refractivity contribution is 0.856. The van der Waals surface area contributed by atoms with Crippen molar-refractivity contribution in [1.82, 2.24) is 10.3 Å². The van der Waals surface area contributed by atoms with Gasteiger partial charge in [-0.15, -0.1) is 35.3 Å². The summed E-state index contributed by atoms with van der Waals surface area (Å²) >= 11 is 1.76. The van der Waals surface area contributed by atoms with Crippen molar-refractivity contribution >= 4 is 41.3 Å². The van der Waals surface area contributed by atoms with E-state index in [1.165, 1.54) is 4.88 Å². The van der Waals surface area contributed by atoms with E-state index in [-0.39, 0.29) is 24.0 Å². The van der Waals surface area contributed by atoms with Crippen LogP contribution in [0, 0.1) is 6.92 Å². The minimum absolute atomic E-state index is 0. The SMILES string of the molecule is Cc1cncc(CN=C(N)NCCc2cccs2)c1.I. The highest BCUT2D eigenvalue weighted by Crippen LogP contribution is 2.08. The van der Waals surface area contributed by atoms with Crippen molar-refractivity contribution in [3.8, 4) is 0 Å². The molecule has 0 bridgehead atoms. The number of guanidine groups is 1. The monoisotopic (exact) mass is 402 g/mol. The van der Waals surface area contributed by atoms with Crippen molar-refractivity contribution in [2.24, 2.45) is 10.7 Å². The second-order valence-corrected chi connectivity index (χ2v) is 5.36. The molecule has 0 amide bonds. The molecular formula is C14H19IN4S. The van der Waals surface area contributed by atoms with Gasteiger partial charge in [0.1, 0.15) is 0 Å². The van der Waals surface area contributed by atoms with Crippen LogP contribution in [0.4, 0.5) is 0 Å². The third-order valence-corrected chi connectivity index (χ3v) is 3.56. The van der Waals surface area contributed by atoms with Crippen molar-refractivity contribution in [3.05, 3.63) is 52.0 Å². The molecule has 4 nitrogen and oxygen atoms in total. The third kappa shape index (κ3) is 5.87. The molecule has 3 N–H and O–H groups in total. The maximum Gasteiger partial charge on any atom is 0.188 e. The van der Waals surface area contributed by atoms with Crippen LogP contribution in [0.25, 0.3) is 0 Å². The molecule has 0 saturated carbocycles. The van der Waals surface area contributed by atoms with Gasteiger partial charge in [0.2, 0.25) is 0 Å². The van der Waals surface area contributed by atoms with Crippen LogP contribution < -0.4 is 11.1 Å². The van der Waals surface area contributed by atoms with Crippen LogP contribution in [0.3, 0.4) is 0 Å². The van der Waals surface area contributed by atoms with E-state index in [0.29, 0.717) is 12.5 Å². The fourth-order valence-electron chi connectivity index (χ4n) is 1.70. The molecule has 0 aliphatic rings. The highest BCUT2D eigenvalue weighted by molar-refractivity contribution is 14.0. The molecule has 0 unspecified atom stereocenters. The topological polar surface area (TPSA) is 63.3 Å². The molecule has 108 valence electrons. The molecule has 6 heteroatoms. The summed E-state index contributed by atoms with van der Waals surface area (Å²) in [5.41, 5.74) is 8.03. The van der Waals surface area contributed by atoms with Crippen molar-refractivity contribution in [2.75, 3.05) is 6.54 Å². The number of thiophene rings is 1. The zero-order valence-corrected chi connectivity index (χ0v) is 14.5. The summed E-state index contributed by atoms with van der Waals surface area (Å²) in [7, 11) is 0. The van der Waals surface area contributed by atoms with Crippen LogP contribution in [0.2, 0.25) is 0 Å². The van der Waals surface area contributed by atoms with Gasteiger partial charge in [-0.25, -0.2) is 4.99 Å². The molecule has 2 heterocycles. The number of halogens is 1. The molecule has 0 aliphatic heterocycles. The number of rotatable bonds is 5. The Morgan fingerprint density at radius 3 is 3.00 bits per heavy atom. The molecule has 0 aliphatic carbocycles. The number of nitrogens with one attached hydrogen (secondary N) is 1. The molecule has 2 aromatic heterocycles. The lowest BCUT2D eigenvalue weighted by Gasteiger charge is -2.04. The minimum atomic E-state index is 0. The number of hydrogen-bond acceptors (Lipinski definition) is 3. The van der Waals surface area contributed by atoms with Gasteiger partial charge in [-0.3, -0.25) is 4.98 Å². The Bertz CT molecular complexity index is 540. The summed E-state index contributed by atoms with van der Waals surface area (Å²) in [5.74, 6) is 0.484. The molecule has 2 aromatic rings. The molecule has 2 rings (SSSR count). The van der Waals surface area contributed by atoms with Crippen LogP contribution in [-0.2, 0) is 13.0 Å². The van der Waals surface area contributed by atoms with Crippen molar-refractivity contribution < 1.29 is 0 Å². The Morgan fingerprint density at radius 1 is 1.45 bits per heavy atom. The summed E-state index contributed by atoms with van der Waals surface area (Å²) in [4.78, 5) is 9.78. The molecule has 0 atom stereocenters. The first-order chi connectivity index (χ1) is 9.24. The molecule has 0 spiro atoms. The van der Waals surface area contributed by atoms with E-state index in [0.717, 1.165) is 24.1 Å². The van der Waals surface area contributed by atoms with Gasteiger partial charge >= 0.3 is 0 Å². The standard InChI is InChI=1S/C14H18N4S.HI/c1-11-7-12(9-16-8-11)10-18-14(15)17-5-4-13-3-2-6-19-13;/h2-3,6-9H,4-5,10H2,1H3,(H3,15,17,18);1H. The highest BCUT2D eigenvalue weighted by Gasteiger charge is 1.96. The van der Waals surface area contributed by atoms with E-state index in [1.54, 1.807) is 11.3 Å². The Labute approximate surface area is 140 Å². The van der Waals surface area contributed by atoms with Crippen LogP contribution >= 0.6 is 35.3 Å². The predicted octanol–water partition coefficient (Wildman–Crippen LogP) is 2.72. The maximum atomic E-state index is 5.82. The van der Waals surface area contributed by atoms with Gasteiger partial charge in [-0.05, 0) is 35.9 Å². The van der Waals surface area contributed by atoms with Gasteiger partial charge in [-0.2, -0.15) is 0 Å². The van der Waals surface area contributed by atoms with E-state index in [2.05, 4.69) is 38.9 Å². The van der Waals surface area contributed by atoms with Gasteiger partial charge in [0.05, 0.1) is 6.54 Å². The molecule has 0 aromatic carbocycles. The summed E-state index contributed by atoms with van der Waals surface area (Å²) in [5, 5.41) is 5.20. The van der Waals surface area contributed by atoms with Crippen LogP contribution in [0.1, 0.15) is 16.0 Å². The molecule has 0 saturated heterocycles. The van der Waals surface area contributed by atoms with Crippen molar-refractivity contribution in [3.63, 3.8) is 0 Å². The Kier molecular flexibility index (Phi) is 7.53. The van der Waals surface area contributed by atoms with E-state index < -0.39 is 0 Å². The number of pyridine rings is 1. The lowest BCUT2D eigenvalue weighted by atomic mass is 10.2. The average Bonchev–Trinajstić information content (AvgIpc) is 2.90. The van der Waals surface area contributed by atoms with Crippen LogP contribution in [0.5, 0.6) is 0 Å². The lowest BCUT2D eigenvalue weighted by Crippen LogP contribution is -2.33. The largest absolute Gasteiger partial charge is 0.370 e. The summed E-state index contributed by atoms with van der Waals surface area (Å²) in [6.07, 6.45) is 4.62. The van der Waals surface area contributed by atoms with Gasteiger partial charge in [0, 0.05) is 23.8 Å². The first kappa shape index (κ1) is 16.9. The van der Waals surface area contributed by atoms with Crippen molar-refractivity contribution in [1.29, 1.82) is 0 Å². The Morgan fingerprint density at radius 2 is 2.30 bits per heavy atom. The zero-order valence-electron chi connectivity index (χ0n) is 11.4. The number of hydrogen-bond donors (Lipinski definition) is 2. The molecule has 0 fully saturated rings. The highest BCUT2D eigenvalue weighted by atomic mass is 127. The fraction of sp³-hybridized carbons (Fsp3) is 0.286. The number of aromatic nitrogens is 1. The molecular weight excluding hydrogens is 383 g/mol. The van der Waals surface area contributed by atoms with Gasteiger partial charge < -0.3 is 11.1 Å². The molecule has 20 heavy (non-hydrogen) atoms. The number of aliphatic imine (C=N–C) groups is 1. The fourth-order valence-corrected chi connectivity index (χ4v) is 2.41. The zero-order chi connectivity index (χ0) is 13.5. The van der Waals surface area contributed by atoms with E-state index in [9.17, 15) is 0 Å². The van der Waals surface area contributed by atoms with Crippen molar-refractivity contribution in [2.45, 2.75) is 19.9 Å².